The minimum atomic E-state index is 0.225. The second-order valence-electron chi connectivity index (χ2n) is 7.37. The van der Waals surface area contributed by atoms with Crippen LogP contribution in [0.5, 0.6) is 0 Å². The molecule has 3 nitrogen and oxygen atoms in total. The highest BCUT2D eigenvalue weighted by Gasteiger charge is 2.30. The molecule has 1 aliphatic rings. The summed E-state index contributed by atoms with van der Waals surface area (Å²) in [5.41, 5.74) is 0.225. The van der Waals surface area contributed by atoms with E-state index in [1.54, 1.807) is 0 Å². The molecule has 0 aromatic heterocycles. The largest absolute Gasteiger partial charge is 0.311 e. The van der Waals surface area contributed by atoms with E-state index in [1.807, 2.05) is 0 Å². The average molecular weight is 269 g/mol. The highest BCUT2D eigenvalue weighted by atomic mass is 15.3. The van der Waals surface area contributed by atoms with Crippen LogP contribution in [0, 0.1) is 0 Å². The van der Waals surface area contributed by atoms with Crippen LogP contribution in [0.2, 0.25) is 0 Å². The molecule has 0 aliphatic carbocycles. The first-order chi connectivity index (χ1) is 8.83. The van der Waals surface area contributed by atoms with Crippen molar-refractivity contribution in [1.82, 2.24) is 15.1 Å². The van der Waals surface area contributed by atoms with Gasteiger partial charge in [0.05, 0.1) is 0 Å². The molecule has 0 aromatic rings. The smallest absolute Gasteiger partial charge is 0.0226 e. The van der Waals surface area contributed by atoms with E-state index in [2.05, 4.69) is 56.9 Å². The van der Waals surface area contributed by atoms with Gasteiger partial charge in [-0.1, -0.05) is 13.3 Å². The maximum Gasteiger partial charge on any atom is 0.0226 e. The van der Waals surface area contributed by atoms with Gasteiger partial charge in [0.15, 0.2) is 0 Å². The Labute approximate surface area is 120 Å². The molecule has 1 saturated heterocycles. The van der Waals surface area contributed by atoms with Crippen molar-refractivity contribution in [3.63, 3.8) is 0 Å². The third kappa shape index (κ3) is 6.24. The van der Waals surface area contributed by atoms with Crippen LogP contribution in [0.25, 0.3) is 0 Å². The van der Waals surface area contributed by atoms with Gasteiger partial charge in [-0.2, -0.15) is 0 Å². The molecule has 0 saturated carbocycles. The maximum atomic E-state index is 3.70. The second-order valence-corrected chi connectivity index (χ2v) is 7.37. The van der Waals surface area contributed by atoms with Gasteiger partial charge in [-0.15, -0.1) is 0 Å². The first-order valence-electron chi connectivity index (χ1n) is 7.99. The maximum absolute atomic E-state index is 3.70. The molecule has 1 aliphatic heterocycles. The summed E-state index contributed by atoms with van der Waals surface area (Å²) in [6.45, 7) is 12.7. The summed E-state index contributed by atoms with van der Waals surface area (Å²) in [7, 11) is 4.39. The number of hydrogen-bond donors (Lipinski definition) is 1. The van der Waals surface area contributed by atoms with E-state index in [0.717, 1.165) is 12.6 Å². The highest BCUT2D eigenvalue weighted by Crippen LogP contribution is 2.23. The normalized spacial score (nSPS) is 23.2. The summed E-state index contributed by atoms with van der Waals surface area (Å²) in [4.78, 5) is 5.10. The Morgan fingerprint density at radius 3 is 2.53 bits per heavy atom. The fraction of sp³-hybridized carbons (Fsp3) is 1.00. The Hall–Kier alpha value is -0.120. The molecule has 114 valence electrons. The van der Waals surface area contributed by atoms with E-state index < -0.39 is 0 Å². The van der Waals surface area contributed by atoms with Gasteiger partial charge < -0.3 is 10.2 Å². The third-order valence-electron chi connectivity index (χ3n) is 3.96. The molecular formula is C16H35N3. The summed E-state index contributed by atoms with van der Waals surface area (Å²) in [5.74, 6) is 0. The van der Waals surface area contributed by atoms with Gasteiger partial charge in [-0.25, -0.2) is 0 Å². The standard InChI is InChI=1S/C16H35N3/c1-7-9-14(12-17-16(2,3)4)19-11-8-10-15(19)13-18(5)6/h14-15,17H,7-13H2,1-6H3. The number of likely N-dealkylation sites (N-methyl/N-ethyl adjacent to an activating group) is 1. The average Bonchev–Trinajstić information content (AvgIpc) is 2.70. The molecule has 19 heavy (non-hydrogen) atoms. The first-order valence-corrected chi connectivity index (χ1v) is 7.99. The second kappa shape index (κ2) is 7.61. The molecule has 1 fully saturated rings. The van der Waals surface area contributed by atoms with Crippen molar-refractivity contribution >= 4 is 0 Å². The van der Waals surface area contributed by atoms with E-state index in [9.17, 15) is 0 Å². The van der Waals surface area contributed by atoms with E-state index in [-0.39, 0.29) is 5.54 Å². The van der Waals surface area contributed by atoms with Crippen LogP contribution in [0.1, 0.15) is 53.4 Å². The minimum absolute atomic E-state index is 0.225. The molecule has 2 atom stereocenters. The minimum Gasteiger partial charge on any atom is -0.311 e. The predicted octanol–water partition coefficient (Wildman–Crippen LogP) is 2.57. The van der Waals surface area contributed by atoms with Crippen LogP contribution in [0.3, 0.4) is 0 Å². The molecular weight excluding hydrogens is 234 g/mol. The molecule has 3 heteroatoms. The number of hydrogen-bond acceptors (Lipinski definition) is 3. The third-order valence-corrected chi connectivity index (χ3v) is 3.96. The molecule has 2 unspecified atom stereocenters. The number of nitrogens with zero attached hydrogens (tertiary/aromatic N) is 2. The summed E-state index contributed by atoms with van der Waals surface area (Å²) in [6, 6.07) is 1.46. The van der Waals surface area contributed by atoms with E-state index in [0.29, 0.717) is 6.04 Å². The monoisotopic (exact) mass is 269 g/mol. The van der Waals surface area contributed by atoms with Crippen LogP contribution in [0.15, 0.2) is 0 Å². The Kier molecular flexibility index (Phi) is 6.78. The van der Waals surface area contributed by atoms with Gasteiger partial charge in [0.2, 0.25) is 0 Å². The van der Waals surface area contributed by atoms with Crippen LogP contribution in [0.4, 0.5) is 0 Å². The van der Waals surface area contributed by atoms with Gasteiger partial charge in [0, 0.05) is 30.7 Å². The first kappa shape index (κ1) is 16.9. The molecule has 1 heterocycles. The molecule has 0 bridgehead atoms. The molecule has 0 spiro atoms. The zero-order valence-corrected chi connectivity index (χ0v) is 14.0. The highest BCUT2D eigenvalue weighted by molar-refractivity contribution is 4.88. The van der Waals surface area contributed by atoms with Crippen LogP contribution in [-0.2, 0) is 0 Å². The lowest BCUT2D eigenvalue weighted by atomic mass is 10.0. The molecule has 0 aromatic carbocycles. The molecule has 1 N–H and O–H groups in total. The van der Waals surface area contributed by atoms with Gasteiger partial charge in [-0.3, -0.25) is 4.90 Å². The van der Waals surface area contributed by atoms with Crippen LogP contribution >= 0.6 is 0 Å². The topological polar surface area (TPSA) is 18.5 Å². The Morgan fingerprint density at radius 2 is 2.00 bits per heavy atom. The lowest BCUT2D eigenvalue weighted by Gasteiger charge is -2.36. The van der Waals surface area contributed by atoms with Crippen molar-refractivity contribution in [2.45, 2.75) is 71.0 Å². The Bertz CT molecular complexity index is 245. The number of nitrogens with one attached hydrogen (secondary N) is 1. The summed E-state index contributed by atoms with van der Waals surface area (Å²) >= 11 is 0. The van der Waals surface area contributed by atoms with E-state index >= 15 is 0 Å². The van der Waals surface area contributed by atoms with Gasteiger partial charge in [0.1, 0.15) is 0 Å². The predicted molar refractivity (Wildman–Crippen MR) is 84.7 cm³/mol. The van der Waals surface area contributed by atoms with Crippen molar-refractivity contribution in [1.29, 1.82) is 0 Å². The Balaban J connectivity index is 2.58. The van der Waals surface area contributed by atoms with Crippen molar-refractivity contribution < 1.29 is 0 Å². The molecule has 0 amide bonds. The fourth-order valence-electron chi connectivity index (χ4n) is 3.10. The van der Waals surface area contributed by atoms with Gasteiger partial charge in [-0.05, 0) is 60.7 Å². The lowest BCUT2D eigenvalue weighted by Crippen LogP contribution is -2.51. The fourth-order valence-corrected chi connectivity index (χ4v) is 3.10. The Morgan fingerprint density at radius 1 is 1.32 bits per heavy atom. The van der Waals surface area contributed by atoms with Crippen molar-refractivity contribution in [3.8, 4) is 0 Å². The molecule has 1 rings (SSSR count). The zero-order valence-electron chi connectivity index (χ0n) is 14.0. The van der Waals surface area contributed by atoms with Crippen molar-refractivity contribution in [2.24, 2.45) is 0 Å². The molecule has 0 radical (unpaired) electrons. The van der Waals surface area contributed by atoms with Crippen molar-refractivity contribution in [2.75, 3.05) is 33.7 Å². The number of rotatable bonds is 7. The quantitative estimate of drug-likeness (QED) is 0.766. The van der Waals surface area contributed by atoms with Crippen molar-refractivity contribution in [3.05, 3.63) is 0 Å². The van der Waals surface area contributed by atoms with Crippen LogP contribution < -0.4 is 5.32 Å². The number of likely N-dealkylation sites (tertiary alicyclic amines) is 1. The van der Waals surface area contributed by atoms with Gasteiger partial charge in [0.25, 0.3) is 0 Å². The summed E-state index contributed by atoms with van der Waals surface area (Å²) in [6.07, 6.45) is 5.33. The van der Waals surface area contributed by atoms with Gasteiger partial charge >= 0.3 is 0 Å². The summed E-state index contributed by atoms with van der Waals surface area (Å²) in [5, 5.41) is 3.70. The van der Waals surface area contributed by atoms with E-state index in [1.165, 1.54) is 38.8 Å². The zero-order chi connectivity index (χ0) is 14.5. The lowest BCUT2D eigenvalue weighted by molar-refractivity contribution is 0.136. The van der Waals surface area contributed by atoms with Crippen LogP contribution in [-0.4, -0.2) is 61.2 Å². The van der Waals surface area contributed by atoms with E-state index in [4.69, 9.17) is 0 Å². The SMILES string of the molecule is CCCC(CNC(C)(C)C)N1CCCC1CN(C)C. The summed E-state index contributed by atoms with van der Waals surface area (Å²) < 4.78 is 0.